The summed E-state index contributed by atoms with van der Waals surface area (Å²) in [5.74, 6) is 1.14. The van der Waals surface area contributed by atoms with Crippen LogP contribution in [0.4, 0.5) is 0 Å². The van der Waals surface area contributed by atoms with Crippen LogP contribution in [-0.2, 0) is 0 Å². The normalized spacial score (nSPS) is 29.7. The fourth-order valence-electron chi connectivity index (χ4n) is 4.73. The Hall–Kier alpha value is -0.770. The van der Waals surface area contributed by atoms with Gasteiger partial charge < -0.3 is 10.2 Å². The van der Waals surface area contributed by atoms with Crippen LogP contribution in [0.5, 0.6) is 0 Å². The molecule has 4 heteroatoms. The van der Waals surface area contributed by atoms with E-state index in [-0.39, 0.29) is 0 Å². The zero-order chi connectivity index (χ0) is 14.7. The molecule has 2 heterocycles. The summed E-state index contributed by atoms with van der Waals surface area (Å²) in [5, 5.41) is 3.66. The molecule has 1 aliphatic carbocycles. The molecule has 4 nitrogen and oxygen atoms in total. The number of nitrogens with one attached hydrogen (secondary N) is 1. The minimum absolute atomic E-state index is 0.625. The zero-order valence-corrected chi connectivity index (χ0v) is 13.9. The van der Waals surface area contributed by atoms with E-state index in [0.29, 0.717) is 11.5 Å². The molecule has 2 saturated heterocycles. The quantitative estimate of drug-likeness (QED) is 0.640. The van der Waals surface area contributed by atoms with Crippen molar-refractivity contribution in [1.82, 2.24) is 15.1 Å². The van der Waals surface area contributed by atoms with Crippen molar-refractivity contribution in [2.75, 3.05) is 39.8 Å². The Kier molecular flexibility index (Phi) is 4.72. The van der Waals surface area contributed by atoms with Gasteiger partial charge in [0.1, 0.15) is 0 Å². The zero-order valence-electron chi connectivity index (χ0n) is 13.9. The molecular weight excluding hydrogens is 260 g/mol. The standard InChI is InChI=1S/C17H32N4/c1-3-20-11-6-7-15(20)13-19-16(18-2)21-12-10-17(14-21)8-4-5-9-17/h15H,3-14H2,1-2H3,(H,18,19). The van der Waals surface area contributed by atoms with Crippen LogP contribution in [0.3, 0.4) is 0 Å². The van der Waals surface area contributed by atoms with Gasteiger partial charge >= 0.3 is 0 Å². The Balaban J connectivity index is 1.52. The van der Waals surface area contributed by atoms with Crippen LogP contribution in [0.15, 0.2) is 4.99 Å². The van der Waals surface area contributed by atoms with Gasteiger partial charge in [-0.15, -0.1) is 0 Å². The summed E-state index contributed by atoms with van der Waals surface area (Å²) in [7, 11) is 1.94. The Morgan fingerprint density at radius 2 is 2.00 bits per heavy atom. The summed E-state index contributed by atoms with van der Waals surface area (Å²) in [6.45, 7) is 8.21. The van der Waals surface area contributed by atoms with E-state index >= 15 is 0 Å². The average molecular weight is 292 g/mol. The smallest absolute Gasteiger partial charge is 0.193 e. The molecular formula is C17H32N4. The first-order chi connectivity index (χ1) is 10.3. The maximum Gasteiger partial charge on any atom is 0.193 e. The fourth-order valence-corrected chi connectivity index (χ4v) is 4.73. The van der Waals surface area contributed by atoms with Gasteiger partial charge in [-0.25, -0.2) is 0 Å². The highest BCUT2D eigenvalue weighted by molar-refractivity contribution is 5.80. The van der Waals surface area contributed by atoms with Gasteiger partial charge in [-0.3, -0.25) is 9.89 Å². The molecule has 1 atom stereocenters. The molecule has 0 bridgehead atoms. The molecule has 3 aliphatic rings. The van der Waals surface area contributed by atoms with Crippen molar-refractivity contribution in [3.05, 3.63) is 0 Å². The van der Waals surface area contributed by atoms with Crippen LogP contribution in [0.1, 0.15) is 51.9 Å². The molecule has 0 aromatic carbocycles. The van der Waals surface area contributed by atoms with Gasteiger partial charge in [0.25, 0.3) is 0 Å². The first-order valence-corrected chi connectivity index (χ1v) is 8.96. The predicted octanol–water partition coefficient (Wildman–Crippen LogP) is 2.31. The number of likely N-dealkylation sites (tertiary alicyclic amines) is 2. The molecule has 0 aromatic rings. The number of likely N-dealkylation sites (N-methyl/N-ethyl adjacent to an activating group) is 1. The number of hydrogen-bond acceptors (Lipinski definition) is 2. The van der Waals surface area contributed by atoms with Gasteiger partial charge in [-0.2, -0.15) is 0 Å². The first kappa shape index (κ1) is 15.1. The van der Waals surface area contributed by atoms with E-state index in [1.54, 1.807) is 0 Å². The van der Waals surface area contributed by atoms with Crippen molar-refractivity contribution in [2.45, 2.75) is 57.9 Å². The largest absolute Gasteiger partial charge is 0.355 e. The first-order valence-electron chi connectivity index (χ1n) is 8.96. The number of rotatable bonds is 3. The van der Waals surface area contributed by atoms with Crippen molar-refractivity contribution in [3.63, 3.8) is 0 Å². The maximum atomic E-state index is 4.55. The molecule has 0 amide bonds. The Labute approximate surface area is 130 Å². The summed E-state index contributed by atoms with van der Waals surface area (Å²) in [4.78, 5) is 9.66. The van der Waals surface area contributed by atoms with Crippen molar-refractivity contribution < 1.29 is 0 Å². The van der Waals surface area contributed by atoms with Gasteiger partial charge in [0.15, 0.2) is 5.96 Å². The maximum absolute atomic E-state index is 4.55. The van der Waals surface area contributed by atoms with Crippen LogP contribution in [0, 0.1) is 5.41 Å². The summed E-state index contributed by atoms with van der Waals surface area (Å²) >= 11 is 0. The third kappa shape index (κ3) is 3.20. The highest BCUT2D eigenvalue weighted by Gasteiger charge is 2.41. The molecule has 0 aromatic heterocycles. The second kappa shape index (κ2) is 6.55. The Bertz CT molecular complexity index is 373. The molecule has 0 radical (unpaired) electrons. The second-order valence-corrected chi connectivity index (χ2v) is 7.23. The van der Waals surface area contributed by atoms with Gasteiger partial charge in [0.2, 0.25) is 0 Å². The van der Waals surface area contributed by atoms with Gasteiger partial charge in [0.05, 0.1) is 0 Å². The van der Waals surface area contributed by atoms with E-state index in [1.807, 2.05) is 7.05 Å². The highest BCUT2D eigenvalue weighted by atomic mass is 15.3. The monoisotopic (exact) mass is 292 g/mol. The van der Waals surface area contributed by atoms with Crippen molar-refractivity contribution in [1.29, 1.82) is 0 Å². The fraction of sp³-hybridized carbons (Fsp3) is 0.941. The third-order valence-corrected chi connectivity index (χ3v) is 6.01. The summed E-state index contributed by atoms with van der Waals surface area (Å²) < 4.78 is 0. The number of aliphatic imine (C=N–C) groups is 1. The van der Waals surface area contributed by atoms with Crippen LogP contribution in [0.25, 0.3) is 0 Å². The number of hydrogen-bond donors (Lipinski definition) is 1. The molecule has 1 spiro atoms. The minimum Gasteiger partial charge on any atom is -0.355 e. The summed E-state index contributed by atoms with van der Waals surface area (Å²) in [5.41, 5.74) is 0.625. The van der Waals surface area contributed by atoms with Crippen LogP contribution < -0.4 is 5.32 Å². The van der Waals surface area contributed by atoms with Gasteiger partial charge in [-0.1, -0.05) is 19.8 Å². The third-order valence-electron chi connectivity index (χ3n) is 6.01. The van der Waals surface area contributed by atoms with Gasteiger partial charge in [0, 0.05) is 32.7 Å². The van der Waals surface area contributed by atoms with Crippen molar-refractivity contribution >= 4 is 5.96 Å². The molecule has 1 unspecified atom stereocenters. The minimum atomic E-state index is 0.625. The van der Waals surface area contributed by atoms with Crippen LogP contribution in [-0.4, -0.2) is 61.6 Å². The SMILES string of the molecule is CCN1CCCC1CNC(=NC)N1CCC2(CCCC2)C1. The van der Waals surface area contributed by atoms with Crippen LogP contribution >= 0.6 is 0 Å². The number of guanidine groups is 1. The van der Waals surface area contributed by atoms with Crippen molar-refractivity contribution in [2.24, 2.45) is 10.4 Å². The lowest BCUT2D eigenvalue weighted by molar-refractivity contribution is 0.264. The lowest BCUT2D eigenvalue weighted by atomic mass is 9.86. The molecule has 3 rings (SSSR count). The van der Waals surface area contributed by atoms with E-state index in [4.69, 9.17) is 0 Å². The van der Waals surface area contributed by atoms with Gasteiger partial charge in [-0.05, 0) is 50.6 Å². The lowest BCUT2D eigenvalue weighted by Gasteiger charge is -2.28. The highest BCUT2D eigenvalue weighted by Crippen LogP contribution is 2.45. The molecule has 2 aliphatic heterocycles. The van der Waals surface area contributed by atoms with E-state index in [2.05, 4.69) is 27.0 Å². The Morgan fingerprint density at radius 1 is 1.19 bits per heavy atom. The average Bonchev–Trinajstić information content (AvgIpc) is 3.23. The topological polar surface area (TPSA) is 30.9 Å². The Morgan fingerprint density at radius 3 is 2.71 bits per heavy atom. The molecule has 21 heavy (non-hydrogen) atoms. The molecule has 3 fully saturated rings. The summed E-state index contributed by atoms with van der Waals surface area (Å²) in [6.07, 6.45) is 9.81. The molecule has 1 N–H and O–H groups in total. The number of nitrogens with zero attached hydrogens (tertiary/aromatic N) is 3. The van der Waals surface area contributed by atoms with Crippen LogP contribution in [0.2, 0.25) is 0 Å². The van der Waals surface area contributed by atoms with E-state index < -0.39 is 0 Å². The second-order valence-electron chi connectivity index (χ2n) is 7.23. The van der Waals surface area contributed by atoms with E-state index in [1.165, 1.54) is 71.1 Å². The molecule has 120 valence electrons. The van der Waals surface area contributed by atoms with E-state index in [0.717, 1.165) is 12.5 Å². The van der Waals surface area contributed by atoms with Crippen molar-refractivity contribution in [3.8, 4) is 0 Å². The molecule has 1 saturated carbocycles. The van der Waals surface area contributed by atoms with E-state index in [9.17, 15) is 0 Å². The lowest BCUT2D eigenvalue weighted by Crippen LogP contribution is -2.46. The summed E-state index contributed by atoms with van der Waals surface area (Å²) in [6, 6.07) is 0.704. The predicted molar refractivity (Wildman–Crippen MR) is 88.7 cm³/mol.